The van der Waals surface area contributed by atoms with E-state index in [4.69, 9.17) is 5.10 Å². The molecule has 0 saturated carbocycles. The van der Waals surface area contributed by atoms with Crippen LogP contribution in [-0.4, -0.2) is 15.0 Å². The maximum Gasteiger partial charge on any atom is 0.129 e. The molecule has 12 aromatic rings. The molecular weight excluding hydrogens is 1030 g/mol. The summed E-state index contributed by atoms with van der Waals surface area (Å²) < 4.78 is 4.85. The number of hydrogen-bond acceptors (Lipinski definition) is 3. The van der Waals surface area contributed by atoms with E-state index in [2.05, 4.69) is 259 Å². The summed E-state index contributed by atoms with van der Waals surface area (Å²) in [6, 6.07) is 75.5. The van der Waals surface area contributed by atoms with Crippen LogP contribution in [0.3, 0.4) is 0 Å². The van der Waals surface area contributed by atoms with Crippen LogP contribution in [0.4, 0.5) is 11.4 Å². The third-order valence-corrected chi connectivity index (χ3v) is 13.5. The zero-order chi connectivity index (χ0) is 45.9. The number of hydrogen-bond donors (Lipinski definition) is 0. The van der Waals surface area contributed by atoms with Gasteiger partial charge in [-0.15, -0.1) is 17.7 Å². The first-order valence-corrected chi connectivity index (χ1v) is 23.6. The fraction of sp³-hybridized carbons (Fsp3) is 0.0968. The molecule has 0 saturated heterocycles. The molecule has 0 atom stereocenters. The van der Waals surface area contributed by atoms with E-state index in [0.717, 1.165) is 61.6 Å². The summed E-state index contributed by atoms with van der Waals surface area (Å²) in [5.74, 6) is 1.51. The molecule has 0 unspecified atom stereocenters. The van der Waals surface area contributed by atoms with Gasteiger partial charge >= 0.3 is 0 Å². The molecule has 13 rings (SSSR count). The van der Waals surface area contributed by atoms with E-state index in [-0.39, 0.29) is 22.4 Å². The minimum absolute atomic E-state index is 0. The Labute approximate surface area is 418 Å². The van der Waals surface area contributed by atoms with Gasteiger partial charge in [-0.25, -0.2) is 0 Å². The van der Waals surface area contributed by atoms with Gasteiger partial charge < -0.3 is 24.0 Å². The van der Waals surface area contributed by atoms with Crippen LogP contribution in [-0.2, 0) is 22.4 Å². The van der Waals surface area contributed by atoms with Crippen LogP contribution in [0.5, 0.6) is 0 Å². The second-order valence-corrected chi connectivity index (χ2v) is 18.2. The van der Waals surface area contributed by atoms with Gasteiger partial charge in [0.05, 0.1) is 39.1 Å². The fourth-order valence-corrected chi connectivity index (χ4v) is 10.4. The number of fused-ring (bicyclic) bond motifs is 9. The molecule has 9 aromatic carbocycles. The molecule has 4 heterocycles. The number of hydrazone groups is 1. The Bertz CT molecular complexity index is 3560. The molecule has 0 N–H and O–H groups in total. The molecule has 69 heavy (non-hydrogen) atoms. The fourth-order valence-electron chi connectivity index (χ4n) is 10.4. The Morgan fingerprint density at radius 1 is 0.391 bits per heavy atom. The SMILES string of the molecule is CC(C)c1cccc(C(C)C)c1N1[CH-]N(c2c(-n3c4ccccc4c4ccccc43)cccc2-n2c3ccccc3c3ccccc32)N=C1c1ccccc1.[Au].c1ccc2c(c1)[n-]c1ccccc12. The molecule has 7 heteroatoms. The summed E-state index contributed by atoms with van der Waals surface area (Å²) in [5.41, 5.74) is 14.7. The molecule has 1 radical (unpaired) electrons. The van der Waals surface area contributed by atoms with E-state index >= 15 is 0 Å². The number of benzene rings is 9. The van der Waals surface area contributed by atoms with Gasteiger partial charge in [0.25, 0.3) is 0 Å². The van der Waals surface area contributed by atoms with Crippen molar-refractivity contribution in [2.24, 2.45) is 5.10 Å². The number of amidine groups is 1. The Morgan fingerprint density at radius 3 is 1.20 bits per heavy atom. The van der Waals surface area contributed by atoms with Crippen molar-refractivity contribution in [1.29, 1.82) is 0 Å². The Kier molecular flexibility index (Phi) is 11.5. The molecular formula is C62H50AuN6-2. The summed E-state index contributed by atoms with van der Waals surface area (Å²) in [7, 11) is 0. The van der Waals surface area contributed by atoms with Gasteiger partial charge in [-0.1, -0.05) is 204 Å². The summed E-state index contributed by atoms with van der Waals surface area (Å²) >= 11 is 0. The molecule has 341 valence electrons. The first-order chi connectivity index (χ1) is 33.4. The van der Waals surface area contributed by atoms with Crippen LogP contribution >= 0.6 is 0 Å². The van der Waals surface area contributed by atoms with Crippen LogP contribution in [0.15, 0.2) is 217 Å². The number of rotatable bonds is 7. The van der Waals surface area contributed by atoms with Crippen LogP contribution < -0.4 is 14.9 Å². The predicted molar refractivity (Wildman–Crippen MR) is 287 cm³/mol. The Morgan fingerprint density at radius 2 is 0.768 bits per heavy atom. The average molecular weight is 1080 g/mol. The van der Waals surface area contributed by atoms with Crippen molar-refractivity contribution in [3.63, 3.8) is 0 Å². The van der Waals surface area contributed by atoms with E-state index in [1.54, 1.807) is 0 Å². The van der Waals surface area contributed by atoms with E-state index in [1.807, 2.05) is 12.1 Å². The maximum absolute atomic E-state index is 5.64. The van der Waals surface area contributed by atoms with Gasteiger partial charge in [-0.2, -0.15) is 5.10 Å². The molecule has 6 nitrogen and oxygen atoms in total. The molecule has 1 aliphatic rings. The van der Waals surface area contributed by atoms with Crippen LogP contribution in [0.2, 0.25) is 0 Å². The van der Waals surface area contributed by atoms with E-state index in [9.17, 15) is 0 Å². The third kappa shape index (κ3) is 7.44. The molecule has 1 aliphatic heterocycles. The average Bonchev–Trinajstić information content (AvgIpc) is 4.16. The predicted octanol–water partition coefficient (Wildman–Crippen LogP) is 15.9. The number of nitrogens with zero attached hydrogens (tertiary/aromatic N) is 6. The quantitative estimate of drug-likeness (QED) is 0.118. The van der Waals surface area contributed by atoms with Gasteiger partial charge in [0, 0.05) is 55.2 Å². The van der Waals surface area contributed by atoms with Gasteiger partial charge in [0.2, 0.25) is 0 Å². The Hall–Kier alpha value is -7.61. The van der Waals surface area contributed by atoms with Crippen LogP contribution in [0.25, 0.3) is 76.8 Å². The molecule has 0 spiro atoms. The number of anilines is 2. The second kappa shape index (κ2) is 18.1. The Balaban J connectivity index is 0.000000319. The minimum Gasteiger partial charge on any atom is -0.657 e. The van der Waals surface area contributed by atoms with Gasteiger partial charge in [0.1, 0.15) is 5.84 Å². The van der Waals surface area contributed by atoms with E-state index in [0.29, 0.717) is 11.8 Å². The van der Waals surface area contributed by atoms with Crippen molar-refractivity contribution in [2.45, 2.75) is 39.5 Å². The first-order valence-electron chi connectivity index (χ1n) is 23.6. The van der Waals surface area contributed by atoms with Crippen molar-refractivity contribution in [1.82, 2.24) is 14.1 Å². The van der Waals surface area contributed by atoms with Gasteiger partial charge in [0.15, 0.2) is 0 Å². The van der Waals surface area contributed by atoms with Crippen molar-refractivity contribution in [3.8, 4) is 11.4 Å². The molecule has 0 fully saturated rings. The van der Waals surface area contributed by atoms with Crippen LogP contribution in [0.1, 0.15) is 56.2 Å². The summed E-state index contributed by atoms with van der Waals surface area (Å²) in [5, 5.41) is 15.2. The standard InChI is InChI=1S/C50H42N5.C12H8N.Au/c1-33(2)36-24-16-25-37(34(3)4)48(36)52-32-53(51-50(52)35-18-6-5-7-19-35)49-46(54-42-26-12-8-20-38(42)39-21-9-13-27-43(39)54)30-17-31-47(49)55-44-28-14-10-22-40(44)41-23-11-15-29-45(41)55;1-3-7-11-9(5-1)10-6-2-4-8-12(10)13-11;/h5-34H,1-4H3;1-8H;/q2*-1;. The second-order valence-electron chi connectivity index (χ2n) is 18.2. The number of para-hydroxylation sites is 8. The third-order valence-electron chi connectivity index (χ3n) is 13.5. The van der Waals surface area contributed by atoms with Crippen molar-refractivity contribution in [2.75, 3.05) is 9.91 Å². The largest absolute Gasteiger partial charge is 0.657 e. The molecule has 0 aliphatic carbocycles. The van der Waals surface area contributed by atoms with Gasteiger partial charge in [-0.05, 0) is 70.1 Å². The topological polar surface area (TPSA) is 42.8 Å². The van der Waals surface area contributed by atoms with Crippen molar-refractivity contribution >= 4 is 82.6 Å². The van der Waals surface area contributed by atoms with Crippen molar-refractivity contribution in [3.05, 3.63) is 236 Å². The summed E-state index contributed by atoms with van der Waals surface area (Å²) in [4.78, 5) is 6.86. The van der Waals surface area contributed by atoms with E-state index in [1.165, 1.54) is 49.1 Å². The van der Waals surface area contributed by atoms with Crippen LogP contribution in [0, 0.1) is 6.67 Å². The smallest absolute Gasteiger partial charge is 0.129 e. The zero-order valence-corrected chi connectivity index (χ0v) is 41.1. The van der Waals surface area contributed by atoms with Gasteiger partial charge in [-0.3, -0.25) is 0 Å². The first kappa shape index (κ1) is 43.9. The summed E-state index contributed by atoms with van der Waals surface area (Å²) in [6.07, 6.45) is 0. The van der Waals surface area contributed by atoms with Crippen molar-refractivity contribution < 1.29 is 22.4 Å². The minimum atomic E-state index is 0. The normalized spacial score (nSPS) is 12.8. The van der Waals surface area contributed by atoms with E-state index < -0.39 is 0 Å². The monoisotopic (exact) mass is 1080 g/mol. The molecule has 3 aromatic heterocycles. The summed E-state index contributed by atoms with van der Waals surface area (Å²) in [6.45, 7) is 11.4. The zero-order valence-electron chi connectivity index (χ0n) is 38.9. The molecule has 0 bridgehead atoms. The number of aromatic nitrogens is 3. The maximum atomic E-state index is 5.64. The molecule has 0 amide bonds.